The van der Waals surface area contributed by atoms with Gasteiger partial charge in [0.2, 0.25) is 5.91 Å². The standard InChI is InChI=1S/C26H27F4N5O5S2/c1-14-3-4-21(40-42(2,37)38)16(9-14)22-11-17(33-39-22)19-13-41-26(31-19)15-5-7-34(8-6-15)23(36)12-35-20(25(29)30)10-18(32-35)24(27)28/h3-4,9-10,13,15,22,24-25H,5-8,11-12H2,1-2H3. The van der Waals surface area contributed by atoms with Crippen LogP contribution < -0.4 is 4.18 Å². The topological polar surface area (TPSA) is 116 Å². The first-order valence-corrected chi connectivity index (χ1v) is 15.7. The number of nitrogens with zero attached hydrogens (tertiary/aromatic N) is 5. The minimum Gasteiger partial charge on any atom is -0.387 e. The van der Waals surface area contributed by atoms with Crippen LogP contribution in [0.25, 0.3) is 0 Å². The number of amides is 1. The highest BCUT2D eigenvalue weighted by molar-refractivity contribution is 7.86. The van der Waals surface area contributed by atoms with Crippen LogP contribution in [0.15, 0.2) is 34.8 Å². The van der Waals surface area contributed by atoms with Crippen molar-refractivity contribution in [1.82, 2.24) is 19.7 Å². The zero-order chi connectivity index (χ0) is 30.2. The van der Waals surface area contributed by atoms with Gasteiger partial charge in [0.05, 0.1) is 17.0 Å². The van der Waals surface area contributed by atoms with Gasteiger partial charge < -0.3 is 13.9 Å². The molecule has 3 aromatic rings. The highest BCUT2D eigenvalue weighted by atomic mass is 32.2. The van der Waals surface area contributed by atoms with Crippen LogP contribution in [0, 0.1) is 6.92 Å². The molecule has 226 valence electrons. The Morgan fingerprint density at radius 2 is 1.90 bits per heavy atom. The minimum absolute atomic E-state index is 0.0600. The molecule has 1 unspecified atom stereocenters. The first kappa shape index (κ1) is 29.9. The number of carbonyl (C=O) groups is 1. The molecule has 5 rings (SSSR count). The molecular weight excluding hydrogens is 602 g/mol. The van der Waals surface area contributed by atoms with Crippen molar-refractivity contribution < 1.29 is 39.8 Å². The van der Waals surface area contributed by atoms with Crippen LogP contribution in [0.3, 0.4) is 0 Å². The average Bonchev–Trinajstić information content (AvgIpc) is 3.69. The fourth-order valence-corrected chi connectivity index (χ4v) is 6.40. The van der Waals surface area contributed by atoms with E-state index in [0.717, 1.165) is 16.8 Å². The summed E-state index contributed by atoms with van der Waals surface area (Å²) in [6, 6.07) is 5.75. The van der Waals surface area contributed by atoms with Crippen LogP contribution in [0.5, 0.6) is 5.75 Å². The number of oxime groups is 1. The Kier molecular flexibility index (Phi) is 8.55. The molecule has 2 aliphatic heterocycles. The lowest BCUT2D eigenvalue weighted by Gasteiger charge is -2.31. The Hall–Kier alpha value is -3.53. The molecule has 10 nitrogen and oxygen atoms in total. The largest absolute Gasteiger partial charge is 0.387 e. The number of thiazole rings is 1. The molecule has 0 radical (unpaired) electrons. The van der Waals surface area contributed by atoms with Gasteiger partial charge in [0.15, 0.2) is 6.10 Å². The quantitative estimate of drug-likeness (QED) is 0.238. The van der Waals surface area contributed by atoms with Gasteiger partial charge in [0.1, 0.15) is 29.4 Å². The van der Waals surface area contributed by atoms with Crippen molar-refractivity contribution in [3.05, 3.63) is 62.9 Å². The maximum absolute atomic E-state index is 13.3. The summed E-state index contributed by atoms with van der Waals surface area (Å²) in [5.74, 6) is -0.236. The molecule has 2 aliphatic rings. The molecular formula is C26H27F4N5O5S2. The fraction of sp³-hybridized carbons (Fsp3) is 0.462. The zero-order valence-corrected chi connectivity index (χ0v) is 24.2. The number of halogens is 4. The summed E-state index contributed by atoms with van der Waals surface area (Å²) in [6.45, 7) is 2.04. The monoisotopic (exact) mass is 629 g/mol. The number of hydrogen-bond donors (Lipinski definition) is 0. The van der Waals surface area contributed by atoms with Crippen molar-refractivity contribution in [1.29, 1.82) is 0 Å². The predicted octanol–water partition coefficient (Wildman–Crippen LogP) is 5.13. The zero-order valence-electron chi connectivity index (χ0n) is 22.5. The molecule has 4 heterocycles. The average molecular weight is 630 g/mol. The highest BCUT2D eigenvalue weighted by Crippen LogP contribution is 2.37. The summed E-state index contributed by atoms with van der Waals surface area (Å²) in [7, 11) is -3.74. The van der Waals surface area contributed by atoms with E-state index in [2.05, 4.69) is 10.3 Å². The number of carbonyl (C=O) groups excluding carboxylic acids is 1. The summed E-state index contributed by atoms with van der Waals surface area (Å²) in [4.78, 5) is 24.7. The normalized spacial score (nSPS) is 18.0. The number of aryl methyl sites for hydroxylation is 1. The molecule has 0 aliphatic carbocycles. The number of likely N-dealkylation sites (tertiary alicyclic amines) is 1. The molecule has 1 saturated heterocycles. The van der Waals surface area contributed by atoms with Gasteiger partial charge in [-0.3, -0.25) is 9.48 Å². The van der Waals surface area contributed by atoms with E-state index in [9.17, 15) is 30.8 Å². The second-order valence-corrected chi connectivity index (χ2v) is 12.6. The third-order valence-corrected chi connectivity index (χ3v) is 8.49. The van der Waals surface area contributed by atoms with Gasteiger partial charge in [-0.25, -0.2) is 22.5 Å². The number of hydrogen-bond acceptors (Lipinski definition) is 9. The van der Waals surface area contributed by atoms with Crippen LogP contribution >= 0.6 is 11.3 Å². The molecule has 2 aromatic heterocycles. The maximum atomic E-state index is 13.3. The van der Waals surface area contributed by atoms with Gasteiger partial charge in [-0.15, -0.1) is 11.3 Å². The molecule has 1 aromatic carbocycles. The number of alkyl halides is 4. The van der Waals surface area contributed by atoms with Crippen molar-refractivity contribution in [2.24, 2.45) is 5.16 Å². The van der Waals surface area contributed by atoms with Crippen molar-refractivity contribution >= 4 is 33.1 Å². The number of piperidine rings is 1. The fourth-order valence-electron chi connectivity index (χ4n) is 4.93. The van der Waals surface area contributed by atoms with Crippen LogP contribution in [-0.4, -0.2) is 59.0 Å². The molecule has 0 bridgehead atoms. The SMILES string of the molecule is Cc1ccc(OS(C)(=O)=O)c(C2CC(c3csc(C4CCN(C(=O)Cn5nc(C(F)F)cc5C(F)F)CC4)n3)=NO2)c1. The molecule has 1 atom stereocenters. The molecule has 1 fully saturated rings. The first-order valence-electron chi connectivity index (χ1n) is 13.0. The first-order chi connectivity index (χ1) is 19.9. The van der Waals surface area contributed by atoms with E-state index in [4.69, 9.17) is 14.0 Å². The van der Waals surface area contributed by atoms with Crippen molar-refractivity contribution in [3.63, 3.8) is 0 Å². The van der Waals surface area contributed by atoms with Crippen LogP contribution in [0.1, 0.15) is 77.4 Å². The maximum Gasteiger partial charge on any atom is 0.306 e. The van der Waals surface area contributed by atoms with E-state index in [1.165, 1.54) is 16.2 Å². The third-order valence-electron chi connectivity index (χ3n) is 7.00. The van der Waals surface area contributed by atoms with Gasteiger partial charge in [0, 0.05) is 36.4 Å². The van der Waals surface area contributed by atoms with E-state index in [-0.39, 0.29) is 11.7 Å². The Balaban J connectivity index is 1.19. The minimum atomic E-state index is -3.74. The smallest absolute Gasteiger partial charge is 0.306 e. The Bertz CT molecular complexity index is 1600. The molecule has 16 heteroatoms. The Labute approximate surface area is 243 Å². The van der Waals surface area contributed by atoms with Crippen LogP contribution in [0.2, 0.25) is 0 Å². The molecule has 0 saturated carbocycles. The molecule has 1 amide bonds. The lowest BCUT2D eigenvalue weighted by atomic mass is 9.97. The molecule has 0 N–H and O–H groups in total. The van der Waals surface area contributed by atoms with Gasteiger partial charge in [-0.2, -0.15) is 13.5 Å². The van der Waals surface area contributed by atoms with Gasteiger partial charge in [-0.05, 0) is 38.0 Å². The molecule has 42 heavy (non-hydrogen) atoms. The van der Waals surface area contributed by atoms with Crippen molar-refractivity contribution in [3.8, 4) is 5.75 Å². The Morgan fingerprint density at radius 3 is 2.57 bits per heavy atom. The van der Waals surface area contributed by atoms with Crippen LogP contribution in [0.4, 0.5) is 17.6 Å². The highest BCUT2D eigenvalue weighted by Gasteiger charge is 2.31. The summed E-state index contributed by atoms with van der Waals surface area (Å²) in [6.07, 6.45) is -4.09. The van der Waals surface area contributed by atoms with E-state index in [1.807, 2.05) is 12.3 Å². The van der Waals surface area contributed by atoms with Gasteiger partial charge in [-0.1, -0.05) is 16.8 Å². The van der Waals surface area contributed by atoms with E-state index < -0.39 is 52.9 Å². The van der Waals surface area contributed by atoms with Gasteiger partial charge in [0.25, 0.3) is 12.9 Å². The number of aromatic nitrogens is 3. The lowest BCUT2D eigenvalue weighted by molar-refractivity contribution is -0.133. The Morgan fingerprint density at radius 1 is 1.17 bits per heavy atom. The van der Waals surface area contributed by atoms with Crippen molar-refractivity contribution in [2.75, 3.05) is 19.3 Å². The summed E-state index contributed by atoms with van der Waals surface area (Å²) in [5, 5.41) is 10.4. The van der Waals surface area contributed by atoms with E-state index >= 15 is 0 Å². The van der Waals surface area contributed by atoms with Gasteiger partial charge >= 0.3 is 10.1 Å². The summed E-state index contributed by atoms with van der Waals surface area (Å²) < 4.78 is 81.6. The third kappa shape index (κ3) is 6.75. The summed E-state index contributed by atoms with van der Waals surface area (Å²) in [5.41, 5.74) is 1.21. The molecule has 0 spiro atoms. The second-order valence-electron chi connectivity index (χ2n) is 10.1. The predicted molar refractivity (Wildman–Crippen MR) is 144 cm³/mol. The number of rotatable bonds is 9. The van der Waals surface area contributed by atoms with E-state index in [0.29, 0.717) is 60.1 Å². The van der Waals surface area contributed by atoms with E-state index in [1.54, 1.807) is 18.2 Å². The number of benzene rings is 1. The second kappa shape index (κ2) is 12.0. The van der Waals surface area contributed by atoms with Crippen molar-refractivity contribution in [2.45, 2.75) is 57.6 Å². The summed E-state index contributed by atoms with van der Waals surface area (Å²) >= 11 is 1.45. The lowest BCUT2D eigenvalue weighted by Crippen LogP contribution is -2.40. The van der Waals surface area contributed by atoms with Crippen LogP contribution in [-0.2, 0) is 26.3 Å².